The highest BCUT2D eigenvalue weighted by Crippen LogP contribution is 2.25. The molecule has 1 rings (SSSR count). The predicted octanol–water partition coefficient (Wildman–Crippen LogP) is 5.00. The Hall–Kier alpha value is -0.530. The van der Waals surface area contributed by atoms with E-state index < -0.39 is 0 Å². The number of hydrogen-bond acceptors (Lipinski definition) is 1. The van der Waals surface area contributed by atoms with Gasteiger partial charge in [-0.2, -0.15) is 0 Å². The molecular weight excluding hydrogens is 254 g/mol. The zero-order chi connectivity index (χ0) is 14.5. The molecule has 1 unspecified atom stereocenters. The Morgan fingerprint density at radius 1 is 1.26 bits per heavy atom. The normalized spacial score (nSPS) is 13.6. The lowest BCUT2D eigenvalue weighted by Crippen LogP contribution is -2.40. The van der Waals surface area contributed by atoms with Crippen molar-refractivity contribution in [1.82, 2.24) is 5.32 Å². The maximum Gasteiger partial charge on any atom is 0.0440 e. The topological polar surface area (TPSA) is 12.0 Å². The van der Waals surface area contributed by atoms with Crippen LogP contribution in [0.1, 0.15) is 51.7 Å². The molecule has 1 aromatic carbocycles. The van der Waals surface area contributed by atoms with Crippen molar-refractivity contribution in [2.45, 2.75) is 59.9 Å². The molecule has 0 aliphatic carbocycles. The monoisotopic (exact) mass is 281 g/mol. The van der Waals surface area contributed by atoms with Crippen molar-refractivity contribution in [3.05, 3.63) is 34.3 Å². The van der Waals surface area contributed by atoms with Crippen LogP contribution in [-0.2, 0) is 6.42 Å². The highest BCUT2D eigenvalue weighted by atomic mass is 35.5. The van der Waals surface area contributed by atoms with E-state index in [1.54, 1.807) is 0 Å². The van der Waals surface area contributed by atoms with Gasteiger partial charge in [0, 0.05) is 11.1 Å². The van der Waals surface area contributed by atoms with Crippen LogP contribution in [0, 0.1) is 12.3 Å². The molecule has 1 aromatic rings. The summed E-state index contributed by atoms with van der Waals surface area (Å²) in [4.78, 5) is 0. The van der Waals surface area contributed by atoms with E-state index in [4.69, 9.17) is 11.6 Å². The molecule has 0 heterocycles. The lowest BCUT2D eigenvalue weighted by molar-refractivity contribution is 0.254. The molecular formula is C17H28ClN. The second kappa shape index (κ2) is 7.31. The maximum atomic E-state index is 6.28. The summed E-state index contributed by atoms with van der Waals surface area (Å²) in [5.74, 6) is 0. The first-order chi connectivity index (χ1) is 8.84. The van der Waals surface area contributed by atoms with Crippen molar-refractivity contribution < 1.29 is 0 Å². The average Bonchev–Trinajstić information content (AvgIpc) is 2.29. The van der Waals surface area contributed by atoms with E-state index in [1.165, 1.54) is 24.0 Å². The predicted molar refractivity (Wildman–Crippen MR) is 86.0 cm³/mol. The molecule has 0 spiro atoms. The summed E-state index contributed by atoms with van der Waals surface area (Å²) in [5, 5.41) is 4.51. The van der Waals surface area contributed by atoms with Crippen molar-refractivity contribution in [2.75, 3.05) is 6.54 Å². The fourth-order valence-corrected chi connectivity index (χ4v) is 2.77. The van der Waals surface area contributed by atoms with Crippen LogP contribution in [-0.4, -0.2) is 12.6 Å². The van der Waals surface area contributed by atoms with Gasteiger partial charge < -0.3 is 5.32 Å². The van der Waals surface area contributed by atoms with E-state index in [0.717, 1.165) is 18.0 Å². The largest absolute Gasteiger partial charge is 0.314 e. The summed E-state index contributed by atoms with van der Waals surface area (Å²) in [7, 11) is 0. The molecule has 0 radical (unpaired) electrons. The minimum Gasteiger partial charge on any atom is -0.314 e. The van der Waals surface area contributed by atoms with Gasteiger partial charge in [0.2, 0.25) is 0 Å². The van der Waals surface area contributed by atoms with Crippen LogP contribution < -0.4 is 5.32 Å². The second-order valence-electron chi connectivity index (χ2n) is 6.46. The van der Waals surface area contributed by atoms with Crippen molar-refractivity contribution in [3.63, 3.8) is 0 Å². The zero-order valence-electron chi connectivity index (χ0n) is 13.0. The van der Waals surface area contributed by atoms with Crippen LogP contribution >= 0.6 is 11.6 Å². The third kappa shape index (κ3) is 5.54. The molecule has 0 saturated carbocycles. The minimum absolute atomic E-state index is 0.313. The first kappa shape index (κ1) is 16.5. The molecule has 0 fully saturated rings. The van der Waals surface area contributed by atoms with Gasteiger partial charge in [-0.3, -0.25) is 0 Å². The Balaban J connectivity index is 2.52. The Labute approximate surface area is 123 Å². The highest BCUT2D eigenvalue weighted by Gasteiger charge is 2.22. The van der Waals surface area contributed by atoms with Gasteiger partial charge in [0.05, 0.1) is 0 Å². The quantitative estimate of drug-likeness (QED) is 0.774. The molecule has 1 atom stereocenters. The summed E-state index contributed by atoms with van der Waals surface area (Å²) in [5.41, 5.74) is 2.82. The Kier molecular flexibility index (Phi) is 6.35. The molecule has 0 saturated heterocycles. The van der Waals surface area contributed by atoms with E-state index in [9.17, 15) is 0 Å². The molecule has 0 aromatic heterocycles. The van der Waals surface area contributed by atoms with Crippen molar-refractivity contribution in [2.24, 2.45) is 5.41 Å². The standard InChI is InChI=1S/C17H28ClN/c1-6-19-16(17(3,4)5)9-7-8-14-11-10-13(2)12-15(14)18/h10-12,16,19H,6-9H2,1-5H3. The number of nitrogens with one attached hydrogen (secondary N) is 1. The highest BCUT2D eigenvalue weighted by molar-refractivity contribution is 6.31. The summed E-state index contributed by atoms with van der Waals surface area (Å²) >= 11 is 6.28. The van der Waals surface area contributed by atoms with Crippen LogP contribution in [0.5, 0.6) is 0 Å². The average molecular weight is 282 g/mol. The maximum absolute atomic E-state index is 6.28. The van der Waals surface area contributed by atoms with E-state index in [1.807, 2.05) is 0 Å². The molecule has 0 aliphatic rings. The zero-order valence-corrected chi connectivity index (χ0v) is 13.8. The smallest absolute Gasteiger partial charge is 0.0440 e. The van der Waals surface area contributed by atoms with Gasteiger partial charge in [0.1, 0.15) is 0 Å². The molecule has 0 bridgehead atoms. The van der Waals surface area contributed by atoms with Gasteiger partial charge in [-0.15, -0.1) is 0 Å². The number of halogens is 1. The molecule has 2 heteroatoms. The van der Waals surface area contributed by atoms with Crippen LogP contribution in [0.2, 0.25) is 5.02 Å². The molecule has 1 N–H and O–H groups in total. The van der Waals surface area contributed by atoms with Crippen molar-refractivity contribution >= 4 is 11.6 Å². The van der Waals surface area contributed by atoms with Gasteiger partial charge in [-0.1, -0.05) is 51.4 Å². The van der Waals surface area contributed by atoms with Gasteiger partial charge in [0.15, 0.2) is 0 Å². The van der Waals surface area contributed by atoms with E-state index >= 15 is 0 Å². The van der Waals surface area contributed by atoms with Crippen molar-refractivity contribution in [3.8, 4) is 0 Å². The molecule has 0 aliphatic heterocycles. The fraction of sp³-hybridized carbons (Fsp3) is 0.647. The Bertz CT molecular complexity index is 393. The van der Waals surface area contributed by atoms with Gasteiger partial charge >= 0.3 is 0 Å². The van der Waals surface area contributed by atoms with Gasteiger partial charge in [0.25, 0.3) is 0 Å². The first-order valence-electron chi connectivity index (χ1n) is 7.33. The van der Waals surface area contributed by atoms with E-state index in [2.05, 4.69) is 58.1 Å². The Morgan fingerprint density at radius 3 is 2.47 bits per heavy atom. The fourth-order valence-electron chi connectivity index (χ4n) is 2.44. The number of hydrogen-bond donors (Lipinski definition) is 1. The van der Waals surface area contributed by atoms with Crippen LogP contribution in [0.25, 0.3) is 0 Å². The summed E-state index contributed by atoms with van der Waals surface area (Å²) in [6.45, 7) is 12.2. The van der Waals surface area contributed by atoms with E-state index in [-0.39, 0.29) is 0 Å². The lowest BCUT2D eigenvalue weighted by Gasteiger charge is -2.31. The van der Waals surface area contributed by atoms with Crippen molar-refractivity contribution in [1.29, 1.82) is 0 Å². The number of rotatable bonds is 6. The second-order valence-corrected chi connectivity index (χ2v) is 6.87. The summed E-state index contributed by atoms with van der Waals surface area (Å²) in [6, 6.07) is 6.94. The minimum atomic E-state index is 0.313. The Morgan fingerprint density at radius 2 is 1.95 bits per heavy atom. The molecule has 19 heavy (non-hydrogen) atoms. The number of benzene rings is 1. The molecule has 1 nitrogen and oxygen atoms in total. The third-order valence-electron chi connectivity index (χ3n) is 3.64. The first-order valence-corrected chi connectivity index (χ1v) is 7.70. The van der Waals surface area contributed by atoms with Crippen LogP contribution in [0.3, 0.4) is 0 Å². The molecule has 0 amide bonds. The summed E-state index contributed by atoms with van der Waals surface area (Å²) < 4.78 is 0. The SMILES string of the molecule is CCNC(CCCc1ccc(C)cc1Cl)C(C)(C)C. The molecule has 108 valence electrons. The van der Waals surface area contributed by atoms with Gasteiger partial charge in [-0.25, -0.2) is 0 Å². The number of aryl methyl sites for hydroxylation is 2. The third-order valence-corrected chi connectivity index (χ3v) is 4.00. The lowest BCUT2D eigenvalue weighted by atomic mass is 9.83. The van der Waals surface area contributed by atoms with Gasteiger partial charge in [-0.05, 0) is 55.3 Å². The van der Waals surface area contributed by atoms with E-state index in [0.29, 0.717) is 11.5 Å². The van der Waals surface area contributed by atoms with Crippen LogP contribution in [0.4, 0.5) is 0 Å². The summed E-state index contributed by atoms with van der Waals surface area (Å²) in [6.07, 6.45) is 3.44. The van der Waals surface area contributed by atoms with Crippen LogP contribution in [0.15, 0.2) is 18.2 Å².